The van der Waals surface area contributed by atoms with Gasteiger partial charge in [-0.2, -0.15) is 9.97 Å². The molecule has 0 radical (unpaired) electrons. The van der Waals surface area contributed by atoms with Gasteiger partial charge in [0.15, 0.2) is 0 Å². The molecule has 2 aromatic rings. The zero-order valence-electron chi connectivity index (χ0n) is 10.3. The maximum Gasteiger partial charge on any atom is 0.284 e. The smallest absolute Gasteiger partial charge is 0.284 e. The molecule has 1 heterocycles. The van der Waals surface area contributed by atoms with Crippen LogP contribution in [0.4, 0.5) is 28.8 Å². The average Bonchev–Trinajstić information content (AvgIpc) is 2.40. The van der Waals surface area contributed by atoms with Crippen molar-refractivity contribution in [2.24, 2.45) is 0 Å². The second-order valence-electron chi connectivity index (χ2n) is 3.72. The number of ether oxygens (including phenoxy) is 1. The van der Waals surface area contributed by atoms with Gasteiger partial charge in [-0.3, -0.25) is 0 Å². The molecule has 0 amide bonds. The minimum absolute atomic E-state index is 0.0143. The van der Waals surface area contributed by atoms with Crippen molar-refractivity contribution in [1.82, 2.24) is 9.97 Å². The fraction of sp³-hybridized carbons (Fsp3) is 0.0909. The van der Waals surface area contributed by atoms with Gasteiger partial charge >= 0.3 is 0 Å². The van der Waals surface area contributed by atoms with Crippen LogP contribution in [0.3, 0.4) is 0 Å². The third-order valence-electron chi connectivity index (χ3n) is 2.41. The summed E-state index contributed by atoms with van der Waals surface area (Å²) in [5.41, 5.74) is 13.3. The van der Waals surface area contributed by atoms with E-state index in [0.29, 0.717) is 11.2 Å². The van der Waals surface area contributed by atoms with Gasteiger partial charge in [-0.05, 0) is 24.3 Å². The maximum absolute atomic E-state index is 11.1. The SMILES string of the molecule is COc1nc(N)nc(Nc2ccc(N)cc2)c1[NH2+][O-]. The minimum Gasteiger partial charge on any atom is -0.630 e. The molecule has 19 heavy (non-hydrogen) atoms. The Labute approximate surface area is 109 Å². The number of anilines is 4. The Hall–Kier alpha value is -2.58. The highest BCUT2D eigenvalue weighted by molar-refractivity contribution is 5.70. The zero-order valence-corrected chi connectivity index (χ0v) is 10.3. The maximum atomic E-state index is 11.1. The minimum atomic E-state index is 0.0143. The molecule has 8 nitrogen and oxygen atoms in total. The van der Waals surface area contributed by atoms with E-state index in [2.05, 4.69) is 15.3 Å². The second-order valence-corrected chi connectivity index (χ2v) is 3.72. The Kier molecular flexibility index (Phi) is 3.64. The van der Waals surface area contributed by atoms with E-state index in [0.717, 1.165) is 5.69 Å². The first-order valence-corrected chi connectivity index (χ1v) is 5.43. The Morgan fingerprint density at radius 1 is 1.21 bits per heavy atom. The summed E-state index contributed by atoms with van der Waals surface area (Å²) in [7, 11) is 1.40. The van der Waals surface area contributed by atoms with Crippen LogP contribution in [0.15, 0.2) is 24.3 Å². The number of nitrogen functional groups attached to an aromatic ring is 2. The molecule has 0 saturated carbocycles. The van der Waals surface area contributed by atoms with Crippen LogP contribution in [0.5, 0.6) is 5.88 Å². The Balaban J connectivity index is 2.38. The molecule has 0 fully saturated rings. The van der Waals surface area contributed by atoms with Gasteiger partial charge in [0.25, 0.3) is 5.88 Å². The fourth-order valence-electron chi connectivity index (χ4n) is 1.53. The number of nitrogens with zero attached hydrogens (tertiary/aromatic N) is 2. The van der Waals surface area contributed by atoms with Crippen molar-refractivity contribution in [3.8, 4) is 5.88 Å². The summed E-state index contributed by atoms with van der Waals surface area (Å²) in [5.74, 6) is 0.421. The van der Waals surface area contributed by atoms with Crippen molar-refractivity contribution in [2.75, 3.05) is 23.9 Å². The molecule has 0 atom stereocenters. The molecule has 0 saturated heterocycles. The number of nitrogens with two attached hydrogens (primary N) is 3. The Morgan fingerprint density at radius 2 is 1.89 bits per heavy atom. The van der Waals surface area contributed by atoms with Crippen LogP contribution < -0.4 is 27.0 Å². The standard InChI is InChI=1S/C11H14N6O2/c1-19-10-8(17-18)9(15-11(13)16-10)14-7-4-2-6(12)3-5-7/h2-5H,12,17H2,1H3,(H3,13,14,15,16). The van der Waals surface area contributed by atoms with Crippen molar-refractivity contribution in [2.45, 2.75) is 0 Å². The predicted octanol–water partition coefficient (Wildman–Crippen LogP) is 0.0859. The summed E-state index contributed by atoms with van der Waals surface area (Å²) >= 11 is 0. The lowest BCUT2D eigenvalue weighted by molar-refractivity contribution is -0.497. The lowest BCUT2D eigenvalue weighted by Gasteiger charge is -2.13. The Morgan fingerprint density at radius 3 is 2.47 bits per heavy atom. The molecule has 7 N–H and O–H groups in total. The van der Waals surface area contributed by atoms with Crippen molar-refractivity contribution in [3.63, 3.8) is 0 Å². The second kappa shape index (κ2) is 5.38. The van der Waals surface area contributed by atoms with E-state index in [9.17, 15) is 5.21 Å². The van der Waals surface area contributed by atoms with Crippen LogP contribution in [-0.4, -0.2) is 17.1 Å². The average molecular weight is 262 g/mol. The van der Waals surface area contributed by atoms with Gasteiger partial charge in [-0.15, -0.1) is 0 Å². The predicted molar refractivity (Wildman–Crippen MR) is 72.1 cm³/mol. The monoisotopic (exact) mass is 262 g/mol. The first kappa shape index (κ1) is 12.9. The van der Waals surface area contributed by atoms with Crippen LogP contribution in [0.1, 0.15) is 0 Å². The molecule has 8 heteroatoms. The summed E-state index contributed by atoms with van der Waals surface area (Å²) in [4.78, 5) is 7.82. The summed E-state index contributed by atoms with van der Waals surface area (Å²) in [6.07, 6.45) is 0. The fourth-order valence-corrected chi connectivity index (χ4v) is 1.53. The molecule has 0 aliphatic rings. The lowest BCUT2D eigenvalue weighted by atomic mass is 10.3. The highest BCUT2D eigenvalue weighted by atomic mass is 16.5. The number of aromatic nitrogens is 2. The van der Waals surface area contributed by atoms with Gasteiger partial charge in [0.05, 0.1) is 7.11 Å². The van der Waals surface area contributed by atoms with E-state index in [1.54, 1.807) is 24.3 Å². The normalized spacial score (nSPS) is 10.2. The summed E-state index contributed by atoms with van der Waals surface area (Å²) in [5, 5.41) is 14.1. The highest BCUT2D eigenvalue weighted by Crippen LogP contribution is 2.28. The summed E-state index contributed by atoms with van der Waals surface area (Å²) < 4.78 is 4.99. The van der Waals surface area contributed by atoms with Gasteiger partial charge in [-0.1, -0.05) is 0 Å². The van der Waals surface area contributed by atoms with E-state index in [-0.39, 0.29) is 23.3 Å². The van der Waals surface area contributed by atoms with Gasteiger partial charge in [0, 0.05) is 11.4 Å². The van der Waals surface area contributed by atoms with Crippen LogP contribution in [0, 0.1) is 5.21 Å². The number of hydrogen-bond acceptors (Lipinski definition) is 7. The quantitative estimate of drug-likeness (QED) is 0.452. The molecular weight excluding hydrogens is 248 g/mol. The van der Waals surface area contributed by atoms with Crippen LogP contribution in [0.2, 0.25) is 0 Å². The van der Waals surface area contributed by atoms with Gasteiger partial charge in [0.1, 0.15) is 0 Å². The number of benzene rings is 1. The van der Waals surface area contributed by atoms with E-state index < -0.39 is 0 Å². The lowest BCUT2D eigenvalue weighted by Crippen LogP contribution is -2.70. The molecule has 1 aromatic heterocycles. The molecule has 0 unspecified atom stereocenters. The van der Waals surface area contributed by atoms with Crippen molar-refractivity contribution < 1.29 is 10.2 Å². The van der Waals surface area contributed by atoms with Crippen LogP contribution in [-0.2, 0) is 0 Å². The molecule has 0 bridgehead atoms. The van der Waals surface area contributed by atoms with E-state index in [1.807, 2.05) is 0 Å². The molecular formula is C11H14N6O2. The molecule has 1 aromatic carbocycles. The molecule has 100 valence electrons. The van der Waals surface area contributed by atoms with E-state index >= 15 is 0 Å². The van der Waals surface area contributed by atoms with E-state index in [4.69, 9.17) is 16.2 Å². The van der Waals surface area contributed by atoms with Crippen molar-refractivity contribution in [1.29, 1.82) is 0 Å². The first-order chi connectivity index (χ1) is 9.13. The number of methoxy groups -OCH3 is 1. The summed E-state index contributed by atoms with van der Waals surface area (Å²) in [6.45, 7) is 0. The number of rotatable bonds is 4. The van der Waals surface area contributed by atoms with Crippen molar-refractivity contribution >= 4 is 28.8 Å². The molecule has 0 aliphatic carbocycles. The zero-order chi connectivity index (χ0) is 13.8. The molecule has 0 aliphatic heterocycles. The number of nitrogens with one attached hydrogen (secondary N) is 1. The van der Waals surface area contributed by atoms with Crippen LogP contribution >= 0.6 is 0 Å². The van der Waals surface area contributed by atoms with E-state index in [1.165, 1.54) is 7.11 Å². The largest absolute Gasteiger partial charge is 0.630 e. The highest BCUT2D eigenvalue weighted by Gasteiger charge is 2.16. The topological polar surface area (TPSA) is 139 Å². The van der Waals surface area contributed by atoms with Crippen LogP contribution in [0.25, 0.3) is 0 Å². The third kappa shape index (κ3) is 2.81. The van der Waals surface area contributed by atoms with Gasteiger partial charge < -0.3 is 32.2 Å². The summed E-state index contributed by atoms with van der Waals surface area (Å²) in [6, 6.07) is 6.97. The molecule has 0 spiro atoms. The first-order valence-electron chi connectivity index (χ1n) is 5.43. The Bertz CT molecular complexity index is 572. The number of quaternary nitrogens is 1. The third-order valence-corrected chi connectivity index (χ3v) is 2.41. The number of hydrogen-bond donors (Lipinski definition) is 4. The van der Waals surface area contributed by atoms with Gasteiger partial charge in [0.2, 0.25) is 17.5 Å². The molecule has 2 rings (SSSR count). The van der Waals surface area contributed by atoms with Gasteiger partial charge in [-0.25, -0.2) is 0 Å². The van der Waals surface area contributed by atoms with Crippen molar-refractivity contribution in [3.05, 3.63) is 29.5 Å².